The Labute approximate surface area is 189 Å². The standard InChI is InChI=1S/C22H13Br2N3O3/c23-16-8-6-15(7-9-16)21-25-20(12-14-4-10-18(11-5-14)27(29)30)22(28)26(21)19-3-1-2-17(24)13-19/h1-13H/b20-12+. The molecule has 1 amide bonds. The normalized spacial score (nSPS) is 14.9. The van der Waals surface area contributed by atoms with Crippen molar-refractivity contribution in [2.75, 3.05) is 4.90 Å². The lowest BCUT2D eigenvalue weighted by Gasteiger charge is -2.19. The number of halogens is 2. The molecule has 0 aromatic heterocycles. The number of rotatable bonds is 4. The van der Waals surface area contributed by atoms with E-state index in [0.717, 1.165) is 14.5 Å². The average molecular weight is 527 g/mol. The molecule has 6 nitrogen and oxygen atoms in total. The summed E-state index contributed by atoms with van der Waals surface area (Å²) in [5, 5.41) is 10.9. The van der Waals surface area contributed by atoms with Gasteiger partial charge in [0.1, 0.15) is 11.5 Å². The van der Waals surface area contributed by atoms with Crippen molar-refractivity contribution >= 4 is 61.1 Å². The van der Waals surface area contributed by atoms with E-state index in [9.17, 15) is 14.9 Å². The minimum absolute atomic E-state index is 0.00952. The molecule has 3 aromatic carbocycles. The number of amidine groups is 1. The fourth-order valence-corrected chi connectivity index (χ4v) is 3.67. The first-order valence-electron chi connectivity index (χ1n) is 8.83. The van der Waals surface area contributed by atoms with E-state index in [2.05, 4.69) is 36.9 Å². The van der Waals surface area contributed by atoms with Crippen molar-refractivity contribution in [3.8, 4) is 0 Å². The third-order valence-corrected chi connectivity index (χ3v) is 5.46. The third kappa shape index (κ3) is 4.10. The Balaban J connectivity index is 1.79. The molecule has 4 rings (SSSR count). The fraction of sp³-hybridized carbons (Fsp3) is 0. The molecule has 0 saturated carbocycles. The van der Waals surface area contributed by atoms with E-state index < -0.39 is 4.92 Å². The van der Waals surface area contributed by atoms with Crippen LogP contribution >= 0.6 is 31.9 Å². The maximum absolute atomic E-state index is 13.3. The fourth-order valence-electron chi connectivity index (χ4n) is 3.01. The van der Waals surface area contributed by atoms with Gasteiger partial charge in [-0.2, -0.15) is 0 Å². The van der Waals surface area contributed by atoms with Crippen LogP contribution in [0.2, 0.25) is 0 Å². The number of anilines is 1. The molecule has 3 aromatic rings. The molecular formula is C22H13Br2N3O3. The molecule has 0 aliphatic carbocycles. The molecule has 0 bridgehead atoms. The molecule has 0 spiro atoms. The molecule has 0 atom stereocenters. The number of nitro groups is 1. The first-order valence-corrected chi connectivity index (χ1v) is 10.4. The van der Waals surface area contributed by atoms with E-state index in [1.54, 1.807) is 23.1 Å². The van der Waals surface area contributed by atoms with E-state index in [0.29, 0.717) is 17.1 Å². The number of nitrogens with zero attached hydrogens (tertiary/aromatic N) is 3. The summed E-state index contributed by atoms with van der Waals surface area (Å²) >= 11 is 6.87. The second-order valence-electron chi connectivity index (χ2n) is 6.44. The quantitative estimate of drug-likeness (QED) is 0.239. The van der Waals surface area contributed by atoms with E-state index in [-0.39, 0.29) is 17.3 Å². The Morgan fingerprint density at radius 1 is 0.933 bits per heavy atom. The maximum atomic E-state index is 13.3. The van der Waals surface area contributed by atoms with Crippen LogP contribution in [0.1, 0.15) is 11.1 Å². The summed E-state index contributed by atoms with van der Waals surface area (Å²) in [4.78, 5) is 29.8. The van der Waals surface area contributed by atoms with Crippen LogP contribution in [0.4, 0.5) is 11.4 Å². The molecule has 0 fully saturated rings. The van der Waals surface area contributed by atoms with Crippen molar-refractivity contribution in [2.24, 2.45) is 4.99 Å². The number of benzene rings is 3. The minimum Gasteiger partial charge on any atom is -0.266 e. The van der Waals surface area contributed by atoms with E-state index in [4.69, 9.17) is 0 Å². The molecule has 0 radical (unpaired) electrons. The lowest BCUT2D eigenvalue weighted by Crippen LogP contribution is -2.32. The number of hydrogen-bond donors (Lipinski definition) is 0. The molecule has 1 heterocycles. The highest BCUT2D eigenvalue weighted by molar-refractivity contribution is 9.10. The molecule has 148 valence electrons. The van der Waals surface area contributed by atoms with Gasteiger partial charge in [0, 0.05) is 26.6 Å². The Hall–Kier alpha value is -3.10. The Morgan fingerprint density at radius 2 is 1.63 bits per heavy atom. The zero-order valence-electron chi connectivity index (χ0n) is 15.3. The first kappa shape index (κ1) is 20.2. The smallest absolute Gasteiger partial charge is 0.266 e. The molecule has 1 aliphatic rings. The van der Waals surface area contributed by atoms with Crippen LogP contribution in [0, 0.1) is 10.1 Å². The van der Waals surface area contributed by atoms with Crippen LogP contribution < -0.4 is 4.90 Å². The zero-order chi connectivity index (χ0) is 21.3. The van der Waals surface area contributed by atoms with Crippen LogP contribution in [0.25, 0.3) is 6.08 Å². The second kappa shape index (κ2) is 8.33. The van der Waals surface area contributed by atoms with Gasteiger partial charge in [-0.05, 0) is 54.1 Å². The van der Waals surface area contributed by atoms with Gasteiger partial charge in [0.25, 0.3) is 11.6 Å². The second-order valence-corrected chi connectivity index (χ2v) is 8.27. The summed E-state index contributed by atoms with van der Waals surface area (Å²) < 4.78 is 1.77. The number of carbonyl (C=O) groups excluding carboxylic acids is 1. The topological polar surface area (TPSA) is 75.8 Å². The Bertz CT molecular complexity index is 1200. The largest absolute Gasteiger partial charge is 0.282 e. The molecule has 1 aliphatic heterocycles. The minimum atomic E-state index is -0.462. The van der Waals surface area contributed by atoms with Gasteiger partial charge in [-0.3, -0.25) is 19.8 Å². The van der Waals surface area contributed by atoms with Crippen molar-refractivity contribution in [3.05, 3.63) is 109 Å². The SMILES string of the molecule is O=C1/C(=C\c2ccc([N+](=O)[O-])cc2)N=C(c2ccc(Br)cc2)N1c1cccc(Br)c1. The number of aliphatic imine (C=N–C) groups is 1. The van der Waals surface area contributed by atoms with Gasteiger partial charge in [0.2, 0.25) is 0 Å². The third-order valence-electron chi connectivity index (χ3n) is 4.44. The molecular weight excluding hydrogens is 514 g/mol. The maximum Gasteiger partial charge on any atom is 0.282 e. The molecule has 0 unspecified atom stereocenters. The van der Waals surface area contributed by atoms with Crippen molar-refractivity contribution in [1.82, 2.24) is 0 Å². The van der Waals surface area contributed by atoms with Gasteiger partial charge in [-0.1, -0.05) is 50.1 Å². The van der Waals surface area contributed by atoms with E-state index >= 15 is 0 Å². The summed E-state index contributed by atoms with van der Waals surface area (Å²) in [5.41, 5.74) is 2.37. The summed E-state index contributed by atoms with van der Waals surface area (Å²) in [6.45, 7) is 0. The van der Waals surface area contributed by atoms with Crippen molar-refractivity contribution < 1.29 is 9.72 Å². The van der Waals surface area contributed by atoms with E-state index in [1.165, 1.54) is 12.1 Å². The number of carbonyl (C=O) groups is 1. The predicted octanol–water partition coefficient (Wildman–Crippen LogP) is 5.95. The van der Waals surface area contributed by atoms with E-state index in [1.807, 2.05) is 48.5 Å². The molecule has 8 heteroatoms. The molecule has 30 heavy (non-hydrogen) atoms. The van der Waals surface area contributed by atoms with Crippen LogP contribution in [0.5, 0.6) is 0 Å². The van der Waals surface area contributed by atoms with Gasteiger partial charge in [0.15, 0.2) is 0 Å². The highest BCUT2D eigenvalue weighted by Crippen LogP contribution is 2.30. The Morgan fingerprint density at radius 3 is 2.27 bits per heavy atom. The average Bonchev–Trinajstić information content (AvgIpc) is 3.05. The summed E-state index contributed by atoms with van der Waals surface area (Å²) in [7, 11) is 0. The zero-order valence-corrected chi connectivity index (χ0v) is 18.5. The van der Waals surface area contributed by atoms with Crippen molar-refractivity contribution in [1.29, 1.82) is 0 Å². The summed E-state index contributed by atoms with van der Waals surface area (Å²) in [5.74, 6) is 0.239. The number of hydrogen-bond acceptors (Lipinski definition) is 4. The van der Waals surface area contributed by atoms with Gasteiger partial charge < -0.3 is 0 Å². The monoisotopic (exact) mass is 525 g/mol. The molecule has 0 saturated heterocycles. The first-order chi connectivity index (χ1) is 14.4. The summed E-state index contributed by atoms with van der Waals surface area (Å²) in [6, 6.07) is 21.0. The highest BCUT2D eigenvalue weighted by Gasteiger charge is 2.32. The van der Waals surface area contributed by atoms with Gasteiger partial charge >= 0.3 is 0 Å². The Kier molecular flexibility index (Phi) is 5.61. The van der Waals surface area contributed by atoms with Crippen LogP contribution in [-0.2, 0) is 4.79 Å². The molecule has 0 N–H and O–H groups in total. The van der Waals surface area contributed by atoms with Crippen LogP contribution in [0.15, 0.2) is 92.4 Å². The van der Waals surface area contributed by atoms with Crippen LogP contribution in [-0.4, -0.2) is 16.7 Å². The van der Waals surface area contributed by atoms with Crippen molar-refractivity contribution in [2.45, 2.75) is 0 Å². The lowest BCUT2D eigenvalue weighted by atomic mass is 10.1. The van der Waals surface area contributed by atoms with Gasteiger partial charge in [0.05, 0.1) is 10.6 Å². The number of nitro benzene ring substituents is 1. The lowest BCUT2D eigenvalue weighted by molar-refractivity contribution is -0.384. The van der Waals surface area contributed by atoms with Gasteiger partial charge in [-0.25, -0.2) is 4.99 Å². The predicted molar refractivity (Wildman–Crippen MR) is 123 cm³/mol. The summed E-state index contributed by atoms with van der Waals surface area (Å²) in [6.07, 6.45) is 1.63. The number of non-ortho nitro benzene ring substituents is 1. The highest BCUT2D eigenvalue weighted by atomic mass is 79.9. The van der Waals surface area contributed by atoms with Gasteiger partial charge in [-0.15, -0.1) is 0 Å². The number of amides is 1. The van der Waals surface area contributed by atoms with Crippen LogP contribution in [0.3, 0.4) is 0 Å². The van der Waals surface area contributed by atoms with Crippen molar-refractivity contribution in [3.63, 3.8) is 0 Å².